The maximum absolute atomic E-state index is 6.09. The topological polar surface area (TPSA) is 51.8 Å². The maximum Gasteiger partial charge on any atom is 0.128 e. The van der Waals surface area contributed by atoms with Gasteiger partial charge in [0, 0.05) is 29.9 Å². The highest BCUT2D eigenvalue weighted by molar-refractivity contribution is 5.22. The molecule has 1 aromatic rings. The van der Waals surface area contributed by atoms with Gasteiger partial charge in [0.25, 0.3) is 0 Å². The third-order valence-electron chi connectivity index (χ3n) is 3.00. The van der Waals surface area contributed by atoms with Gasteiger partial charge in [-0.3, -0.25) is 0 Å². The zero-order valence-corrected chi connectivity index (χ0v) is 9.37. The van der Waals surface area contributed by atoms with Crippen molar-refractivity contribution in [1.29, 1.82) is 0 Å². The van der Waals surface area contributed by atoms with E-state index < -0.39 is 0 Å². The first-order valence-corrected chi connectivity index (χ1v) is 5.91. The minimum Gasteiger partial charge on any atom is -0.324 e. The molecule has 0 fully saturated rings. The fourth-order valence-corrected chi connectivity index (χ4v) is 2.13. The SMILES string of the molecule is CCCc1ncc2c(n1)CCCCC2N. The zero-order valence-electron chi connectivity index (χ0n) is 9.37. The Morgan fingerprint density at radius 2 is 2.33 bits per heavy atom. The number of hydrogen-bond acceptors (Lipinski definition) is 3. The predicted octanol–water partition coefficient (Wildman–Crippen LogP) is 2.16. The maximum atomic E-state index is 6.09. The number of rotatable bonds is 2. The van der Waals surface area contributed by atoms with Crippen LogP contribution in [-0.4, -0.2) is 9.97 Å². The third kappa shape index (κ3) is 2.34. The summed E-state index contributed by atoms with van der Waals surface area (Å²) in [5, 5.41) is 0. The van der Waals surface area contributed by atoms with Crippen molar-refractivity contribution in [2.75, 3.05) is 0 Å². The van der Waals surface area contributed by atoms with Crippen LogP contribution < -0.4 is 5.73 Å². The van der Waals surface area contributed by atoms with Crippen molar-refractivity contribution in [3.8, 4) is 0 Å². The molecule has 0 saturated carbocycles. The van der Waals surface area contributed by atoms with Crippen LogP contribution in [-0.2, 0) is 12.8 Å². The molecule has 0 bridgehead atoms. The van der Waals surface area contributed by atoms with Gasteiger partial charge < -0.3 is 5.73 Å². The summed E-state index contributed by atoms with van der Waals surface area (Å²) in [6, 6.07) is 0.151. The van der Waals surface area contributed by atoms with Crippen LogP contribution >= 0.6 is 0 Å². The van der Waals surface area contributed by atoms with Crippen molar-refractivity contribution < 1.29 is 0 Å². The third-order valence-corrected chi connectivity index (χ3v) is 3.00. The van der Waals surface area contributed by atoms with Gasteiger partial charge in [-0.25, -0.2) is 9.97 Å². The highest BCUT2D eigenvalue weighted by Gasteiger charge is 2.16. The minimum atomic E-state index is 0.151. The van der Waals surface area contributed by atoms with Crippen molar-refractivity contribution in [3.63, 3.8) is 0 Å². The summed E-state index contributed by atoms with van der Waals surface area (Å²) in [6.07, 6.45) is 8.59. The van der Waals surface area contributed by atoms with E-state index in [1.54, 1.807) is 0 Å². The van der Waals surface area contributed by atoms with E-state index in [1.165, 1.54) is 24.1 Å². The first-order valence-electron chi connectivity index (χ1n) is 5.91. The van der Waals surface area contributed by atoms with E-state index in [1.807, 2.05) is 6.20 Å². The molecule has 1 aromatic heterocycles. The van der Waals surface area contributed by atoms with Gasteiger partial charge in [-0.1, -0.05) is 13.3 Å². The average molecular weight is 205 g/mol. The van der Waals surface area contributed by atoms with Gasteiger partial charge in [0.15, 0.2) is 0 Å². The number of aromatic nitrogens is 2. The van der Waals surface area contributed by atoms with E-state index in [2.05, 4.69) is 16.9 Å². The molecule has 15 heavy (non-hydrogen) atoms. The minimum absolute atomic E-state index is 0.151. The standard InChI is InChI=1S/C12H19N3/c1-2-5-12-14-8-9-10(13)6-3-4-7-11(9)15-12/h8,10H,2-7,13H2,1H3. The zero-order chi connectivity index (χ0) is 10.7. The van der Waals surface area contributed by atoms with Gasteiger partial charge in [0.2, 0.25) is 0 Å². The van der Waals surface area contributed by atoms with E-state index in [4.69, 9.17) is 5.73 Å². The monoisotopic (exact) mass is 205 g/mol. The van der Waals surface area contributed by atoms with Crippen molar-refractivity contribution in [1.82, 2.24) is 9.97 Å². The summed E-state index contributed by atoms with van der Waals surface area (Å²) in [4.78, 5) is 9.01. The molecule has 0 saturated heterocycles. The Morgan fingerprint density at radius 1 is 1.47 bits per heavy atom. The lowest BCUT2D eigenvalue weighted by atomic mass is 10.1. The molecule has 1 aliphatic carbocycles. The predicted molar refractivity (Wildman–Crippen MR) is 60.5 cm³/mol. The molecule has 0 aromatic carbocycles. The number of nitrogens with zero attached hydrogens (tertiary/aromatic N) is 2. The van der Waals surface area contributed by atoms with Crippen LogP contribution in [0.2, 0.25) is 0 Å². The molecule has 1 unspecified atom stereocenters. The second-order valence-electron chi connectivity index (χ2n) is 4.29. The van der Waals surface area contributed by atoms with E-state index in [-0.39, 0.29) is 6.04 Å². The molecular formula is C12H19N3. The van der Waals surface area contributed by atoms with Crippen LogP contribution in [0.15, 0.2) is 6.20 Å². The highest BCUT2D eigenvalue weighted by Crippen LogP contribution is 2.24. The quantitative estimate of drug-likeness (QED) is 0.753. The lowest BCUT2D eigenvalue weighted by Crippen LogP contribution is -2.13. The second-order valence-corrected chi connectivity index (χ2v) is 4.29. The fourth-order valence-electron chi connectivity index (χ4n) is 2.13. The summed E-state index contributed by atoms with van der Waals surface area (Å²) in [6.45, 7) is 2.15. The Hall–Kier alpha value is -0.960. The molecule has 0 spiro atoms. The number of hydrogen-bond donors (Lipinski definition) is 1. The number of fused-ring (bicyclic) bond motifs is 1. The Labute approximate surface area is 91.1 Å². The normalized spacial score (nSPS) is 20.8. The van der Waals surface area contributed by atoms with Gasteiger partial charge in [-0.2, -0.15) is 0 Å². The summed E-state index contributed by atoms with van der Waals surface area (Å²) >= 11 is 0. The molecular weight excluding hydrogens is 186 g/mol. The number of nitrogens with two attached hydrogens (primary N) is 1. The largest absolute Gasteiger partial charge is 0.324 e. The van der Waals surface area contributed by atoms with Crippen molar-refractivity contribution in [2.45, 2.75) is 51.5 Å². The average Bonchev–Trinajstić information content (AvgIpc) is 2.41. The van der Waals surface area contributed by atoms with Crippen LogP contribution in [0.4, 0.5) is 0 Å². The summed E-state index contributed by atoms with van der Waals surface area (Å²) in [7, 11) is 0. The summed E-state index contributed by atoms with van der Waals surface area (Å²) in [5.41, 5.74) is 8.46. The fraction of sp³-hybridized carbons (Fsp3) is 0.667. The van der Waals surface area contributed by atoms with Crippen molar-refractivity contribution in [3.05, 3.63) is 23.3 Å². The molecule has 1 atom stereocenters. The first-order chi connectivity index (χ1) is 7.31. The van der Waals surface area contributed by atoms with E-state index in [0.29, 0.717) is 0 Å². The Balaban J connectivity index is 2.29. The van der Waals surface area contributed by atoms with E-state index in [9.17, 15) is 0 Å². The molecule has 0 aliphatic heterocycles. The lowest BCUT2D eigenvalue weighted by Gasteiger charge is -2.11. The van der Waals surface area contributed by atoms with Crippen LogP contribution in [0.5, 0.6) is 0 Å². The van der Waals surface area contributed by atoms with E-state index in [0.717, 1.165) is 31.5 Å². The molecule has 82 valence electrons. The van der Waals surface area contributed by atoms with Crippen LogP contribution in [0, 0.1) is 0 Å². The molecule has 2 rings (SSSR count). The smallest absolute Gasteiger partial charge is 0.128 e. The first kappa shape index (κ1) is 10.6. The van der Waals surface area contributed by atoms with Gasteiger partial charge >= 0.3 is 0 Å². The Bertz CT molecular complexity index is 336. The molecule has 0 amide bonds. The van der Waals surface area contributed by atoms with Crippen LogP contribution in [0.3, 0.4) is 0 Å². The van der Waals surface area contributed by atoms with Gasteiger partial charge in [-0.05, 0) is 25.7 Å². The van der Waals surface area contributed by atoms with Crippen LogP contribution in [0.25, 0.3) is 0 Å². The van der Waals surface area contributed by atoms with Gasteiger partial charge in [0.1, 0.15) is 5.82 Å². The molecule has 2 N–H and O–H groups in total. The molecule has 1 aliphatic rings. The highest BCUT2D eigenvalue weighted by atomic mass is 14.9. The lowest BCUT2D eigenvalue weighted by molar-refractivity contribution is 0.614. The van der Waals surface area contributed by atoms with Crippen molar-refractivity contribution >= 4 is 0 Å². The Morgan fingerprint density at radius 3 is 3.13 bits per heavy atom. The van der Waals surface area contributed by atoms with Crippen LogP contribution in [0.1, 0.15) is 55.7 Å². The second kappa shape index (κ2) is 4.71. The summed E-state index contributed by atoms with van der Waals surface area (Å²) < 4.78 is 0. The molecule has 1 heterocycles. The molecule has 3 nitrogen and oxygen atoms in total. The van der Waals surface area contributed by atoms with E-state index >= 15 is 0 Å². The molecule has 0 radical (unpaired) electrons. The molecule has 3 heteroatoms. The van der Waals surface area contributed by atoms with Gasteiger partial charge in [-0.15, -0.1) is 0 Å². The summed E-state index contributed by atoms with van der Waals surface area (Å²) in [5.74, 6) is 0.977. The number of aryl methyl sites for hydroxylation is 2. The van der Waals surface area contributed by atoms with Crippen molar-refractivity contribution in [2.24, 2.45) is 5.73 Å². The Kier molecular flexibility index (Phi) is 3.31. The van der Waals surface area contributed by atoms with Gasteiger partial charge in [0.05, 0.1) is 0 Å².